The van der Waals surface area contributed by atoms with Crippen LogP contribution in [0, 0.1) is 0 Å². The van der Waals surface area contributed by atoms with Gasteiger partial charge < -0.3 is 19.2 Å². The average molecular weight is 574 g/mol. The van der Waals surface area contributed by atoms with Crippen LogP contribution in [-0.4, -0.2) is 53.6 Å². The van der Waals surface area contributed by atoms with Gasteiger partial charge >= 0.3 is 12.0 Å². The minimum Gasteiger partial charge on any atom is -0.518 e. The van der Waals surface area contributed by atoms with Gasteiger partial charge in [-0.15, -0.1) is 0 Å². The molecule has 1 fully saturated rings. The Kier molecular flexibility index (Phi) is 10.2. The molecular weight excluding hydrogens is 541 g/mol. The normalized spacial score (nSPS) is 22.3. The number of benzene rings is 2. The monoisotopic (exact) mass is 573 g/mol. The molecule has 4 atom stereocenters. The summed E-state index contributed by atoms with van der Waals surface area (Å²) in [5.41, 5.74) is -2.04. The van der Waals surface area contributed by atoms with Gasteiger partial charge in [-0.05, 0) is 63.3 Å². The van der Waals surface area contributed by atoms with Crippen molar-refractivity contribution in [2.75, 3.05) is 5.32 Å². The topological polar surface area (TPSA) is 99.6 Å². The van der Waals surface area contributed by atoms with E-state index < -0.39 is 37.7 Å². The van der Waals surface area contributed by atoms with Crippen LogP contribution in [0.15, 0.2) is 72.9 Å². The maximum atomic E-state index is 14.4. The van der Waals surface area contributed by atoms with E-state index in [4.69, 9.17) is 25.5 Å². The first-order chi connectivity index (χ1) is 18.4. The lowest BCUT2D eigenvalue weighted by molar-refractivity contribution is -0.0243. The summed E-state index contributed by atoms with van der Waals surface area (Å²) in [6.07, 6.45) is 0.580. The zero-order valence-electron chi connectivity index (χ0n) is 22.6. The molecule has 8 nitrogen and oxygen atoms in total. The third-order valence-corrected chi connectivity index (χ3v) is 6.91. The Balaban J connectivity index is 0.000000216. The van der Waals surface area contributed by atoms with E-state index in [0.717, 1.165) is 0 Å². The van der Waals surface area contributed by atoms with Crippen LogP contribution < -0.4 is 9.74 Å². The van der Waals surface area contributed by atoms with Crippen LogP contribution in [-0.2, 0) is 9.47 Å². The number of carbonyl (C=O) groups is 2. The molecule has 4 rings (SSSR count). The van der Waals surface area contributed by atoms with Gasteiger partial charge in [-0.2, -0.15) is 4.98 Å². The molecule has 1 aliphatic heterocycles. The number of aromatic nitrogens is 2. The van der Waals surface area contributed by atoms with E-state index in [1.807, 2.05) is 44.8 Å². The second-order valence-corrected chi connectivity index (χ2v) is 14.8. The van der Waals surface area contributed by atoms with Crippen molar-refractivity contribution in [3.63, 3.8) is 0 Å². The average Bonchev–Trinajstić information content (AvgIpc) is 3.12. The van der Waals surface area contributed by atoms with Crippen molar-refractivity contribution in [2.24, 2.45) is 0 Å². The first-order valence-corrected chi connectivity index (χ1v) is 16.4. The van der Waals surface area contributed by atoms with E-state index in [2.05, 4.69) is 15.3 Å². The predicted octanol–water partition coefficient (Wildman–Crippen LogP) is 6.26. The van der Waals surface area contributed by atoms with E-state index in [1.165, 1.54) is 6.92 Å². The summed E-state index contributed by atoms with van der Waals surface area (Å²) in [5.74, 6) is -0.340. The fraction of sp³-hybridized carbons (Fsp3) is 0.357. The Morgan fingerprint density at radius 2 is 1.64 bits per heavy atom. The van der Waals surface area contributed by atoms with Gasteiger partial charge in [0.05, 0.1) is 11.7 Å². The summed E-state index contributed by atoms with van der Waals surface area (Å²) in [5, 5.41) is 2.73. The molecule has 2 heterocycles. The number of hydrogen-bond donors (Lipinski definition) is 1. The van der Waals surface area contributed by atoms with Crippen LogP contribution in [0.1, 0.15) is 41.0 Å². The van der Waals surface area contributed by atoms with Crippen LogP contribution in [0.25, 0.3) is 0 Å². The van der Waals surface area contributed by atoms with E-state index >= 15 is 0 Å². The molecule has 1 aliphatic rings. The van der Waals surface area contributed by atoms with Gasteiger partial charge in [-0.25, -0.2) is 14.2 Å². The molecule has 0 spiro atoms. The van der Waals surface area contributed by atoms with Crippen molar-refractivity contribution in [3.8, 4) is 6.01 Å². The number of nitrogens with zero attached hydrogens (tertiary/aromatic N) is 2. The Hall–Kier alpha value is -3.34. The van der Waals surface area contributed by atoms with Gasteiger partial charge in [0.1, 0.15) is 5.82 Å². The number of esters is 1. The van der Waals surface area contributed by atoms with Gasteiger partial charge in [0.25, 0.3) is 5.91 Å². The van der Waals surface area contributed by atoms with Crippen LogP contribution in [0.3, 0.4) is 0 Å². The van der Waals surface area contributed by atoms with Crippen molar-refractivity contribution in [3.05, 3.63) is 84.1 Å². The molecule has 0 aliphatic carbocycles. The first-order valence-electron chi connectivity index (χ1n) is 12.5. The van der Waals surface area contributed by atoms with Crippen molar-refractivity contribution < 1.29 is 27.9 Å². The summed E-state index contributed by atoms with van der Waals surface area (Å²) in [6.45, 7) is 9.27. The lowest BCUT2D eigenvalue weighted by Crippen LogP contribution is -2.42. The highest BCUT2D eigenvalue weighted by molar-refractivity contribution is 6.70. The molecule has 1 N–H and O–H groups in total. The molecule has 1 aromatic heterocycles. The molecule has 0 saturated carbocycles. The van der Waals surface area contributed by atoms with Crippen molar-refractivity contribution in [1.82, 2.24) is 9.97 Å². The van der Waals surface area contributed by atoms with Crippen molar-refractivity contribution in [2.45, 2.75) is 63.3 Å². The minimum absolute atomic E-state index is 0.205. The third kappa shape index (κ3) is 8.57. The molecule has 1 unspecified atom stereocenters. The number of alkyl halides is 2. The molecule has 11 heteroatoms. The van der Waals surface area contributed by atoms with Gasteiger partial charge in [-0.1, -0.05) is 54.9 Å². The Labute approximate surface area is 234 Å². The molecular formula is C28H33ClFN3O5Si. The summed E-state index contributed by atoms with van der Waals surface area (Å²) in [4.78, 5) is 32.2. The van der Waals surface area contributed by atoms with E-state index in [1.54, 1.807) is 54.7 Å². The minimum atomic E-state index is -1.90. The Morgan fingerprint density at radius 1 is 1.05 bits per heavy atom. The lowest BCUT2D eigenvalue weighted by atomic mass is 9.99. The van der Waals surface area contributed by atoms with E-state index in [-0.39, 0.29) is 5.91 Å². The van der Waals surface area contributed by atoms with Crippen LogP contribution in [0.4, 0.5) is 10.2 Å². The van der Waals surface area contributed by atoms with E-state index in [0.29, 0.717) is 29.4 Å². The number of carbonyl (C=O) groups excluding carboxylic acids is 2. The standard InChI is InChI=1S/C14H16ClFO3.C14H17N3O2Si/c1-3-10-11(14(2,16)13(15)18-10)19-12(17)9-7-5-4-6-8-9;1-20(2,3)19-14-15-10-9-12(17-14)16-13(18)11-7-5-4-6-8-11/h4-8,10-11,13H,3H2,1-2H3;4-10H,1-3H3,(H,15,16,17,18)/t10-,11-,13?,14-;/m1./s1. The molecule has 1 saturated heterocycles. The molecule has 208 valence electrons. The summed E-state index contributed by atoms with van der Waals surface area (Å²) in [6, 6.07) is 19.4. The molecule has 2 aromatic carbocycles. The van der Waals surface area contributed by atoms with Gasteiger partial charge in [-0.3, -0.25) is 4.79 Å². The number of ether oxygens (including phenoxy) is 2. The fourth-order valence-corrected chi connectivity index (χ4v) is 4.52. The number of anilines is 1. The maximum absolute atomic E-state index is 14.4. The first kappa shape index (κ1) is 30.2. The van der Waals surface area contributed by atoms with Crippen LogP contribution >= 0.6 is 11.6 Å². The number of nitrogens with one attached hydrogen (secondary N) is 1. The number of amides is 1. The second-order valence-electron chi connectivity index (χ2n) is 10.0. The zero-order chi connectivity index (χ0) is 28.6. The van der Waals surface area contributed by atoms with Crippen LogP contribution in [0.5, 0.6) is 6.01 Å². The smallest absolute Gasteiger partial charge is 0.338 e. The predicted molar refractivity (Wildman–Crippen MR) is 150 cm³/mol. The van der Waals surface area contributed by atoms with Gasteiger partial charge in [0.2, 0.25) is 8.32 Å². The molecule has 3 aromatic rings. The van der Waals surface area contributed by atoms with Gasteiger partial charge in [0.15, 0.2) is 17.3 Å². The lowest BCUT2D eigenvalue weighted by Gasteiger charge is -2.25. The molecule has 0 bridgehead atoms. The highest BCUT2D eigenvalue weighted by Gasteiger charge is 2.55. The quantitative estimate of drug-likeness (QED) is 0.202. The molecule has 39 heavy (non-hydrogen) atoms. The summed E-state index contributed by atoms with van der Waals surface area (Å²) >= 11 is 5.81. The fourth-order valence-electron chi connectivity index (χ4n) is 3.62. The number of rotatable bonds is 7. The maximum Gasteiger partial charge on any atom is 0.338 e. The van der Waals surface area contributed by atoms with Crippen LogP contribution in [0.2, 0.25) is 19.6 Å². The summed E-state index contributed by atoms with van der Waals surface area (Å²) < 4.78 is 30.7. The van der Waals surface area contributed by atoms with Crippen molar-refractivity contribution >= 4 is 37.6 Å². The number of hydrogen-bond acceptors (Lipinski definition) is 7. The largest absolute Gasteiger partial charge is 0.518 e. The Bertz CT molecular complexity index is 1240. The molecule has 0 radical (unpaired) electrons. The highest BCUT2D eigenvalue weighted by Crippen LogP contribution is 2.40. The second kappa shape index (κ2) is 13.1. The molecule has 1 amide bonds. The number of halogens is 2. The Morgan fingerprint density at radius 3 is 2.21 bits per heavy atom. The van der Waals surface area contributed by atoms with Gasteiger partial charge in [0, 0.05) is 11.8 Å². The SMILES string of the molecule is CC[C@H]1OC(Cl)[C@](C)(F)[C@@H]1OC(=O)c1ccccc1.C[Si](C)(C)Oc1nccc(NC(=O)c2ccccc2)n1. The zero-order valence-corrected chi connectivity index (χ0v) is 24.3. The van der Waals surface area contributed by atoms with Crippen molar-refractivity contribution in [1.29, 1.82) is 0 Å². The summed E-state index contributed by atoms with van der Waals surface area (Å²) in [7, 11) is -1.76. The van der Waals surface area contributed by atoms with E-state index in [9.17, 15) is 14.0 Å². The third-order valence-electron chi connectivity index (χ3n) is 5.59. The highest BCUT2D eigenvalue weighted by atomic mass is 35.5.